The summed E-state index contributed by atoms with van der Waals surface area (Å²) in [4.78, 5) is 31.4. The number of fused-ring (bicyclic) bond motifs is 1. The van der Waals surface area contributed by atoms with Gasteiger partial charge in [-0.25, -0.2) is 4.98 Å². The van der Waals surface area contributed by atoms with Gasteiger partial charge < -0.3 is 5.32 Å². The first-order valence-electron chi connectivity index (χ1n) is 10.1. The Morgan fingerprint density at radius 1 is 1.13 bits per heavy atom. The van der Waals surface area contributed by atoms with Crippen molar-refractivity contribution in [3.8, 4) is 11.3 Å². The van der Waals surface area contributed by atoms with Crippen molar-refractivity contribution in [2.45, 2.75) is 30.9 Å². The zero-order valence-corrected chi connectivity index (χ0v) is 19.0. The number of carbonyl (C=O) groups is 1. The van der Waals surface area contributed by atoms with E-state index in [-0.39, 0.29) is 11.5 Å². The third-order valence-corrected chi connectivity index (χ3v) is 6.59. The molecule has 4 aromatic rings. The first kappa shape index (κ1) is 21.3. The summed E-state index contributed by atoms with van der Waals surface area (Å²) in [5.74, 6) is 0.852. The van der Waals surface area contributed by atoms with Crippen molar-refractivity contribution in [2.24, 2.45) is 5.92 Å². The standard InChI is InChI=1S/C24H23N3O2S2/c1-16(2)12-22(28)26-19-10-6-7-11-21(19)30-14-18-13-23(29)27-20(15-31-24(27)25-18)17-8-4-3-5-9-17/h3-11,13,15-16H,12,14H2,1-2H3,(H,26,28). The van der Waals surface area contributed by atoms with Gasteiger partial charge in [-0.1, -0.05) is 56.3 Å². The van der Waals surface area contributed by atoms with E-state index in [2.05, 4.69) is 5.32 Å². The molecule has 0 fully saturated rings. The Labute approximate surface area is 189 Å². The van der Waals surface area contributed by atoms with E-state index in [4.69, 9.17) is 4.98 Å². The zero-order chi connectivity index (χ0) is 21.8. The summed E-state index contributed by atoms with van der Waals surface area (Å²) in [6.45, 7) is 4.04. The fraction of sp³-hybridized carbons (Fsp3) is 0.208. The van der Waals surface area contributed by atoms with Gasteiger partial charge in [-0.05, 0) is 23.6 Å². The molecule has 31 heavy (non-hydrogen) atoms. The molecule has 2 aromatic carbocycles. The van der Waals surface area contributed by atoms with Crippen molar-refractivity contribution in [1.82, 2.24) is 9.38 Å². The molecule has 1 amide bonds. The van der Waals surface area contributed by atoms with Crippen molar-refractivity contribution >= 4 is 39.7 Å². The van der Waals surface area contributed by atoms with Crippen LogP contribution in [0.5, 0.6) is 0 Å². The summed E-state index contributed by atoms with van der Waals surface area (Å²) in [7, 11) is 0. The van der Waals surface area contributed by atoms with Gasteiger partial charge in [0.2, 0.25) is 5.91 Å². The lowest BCUT2D eigenvalue weighted by molar-refractivity contribution is -0.116. The van der Waals surface area contributed by atoms with Crippen LogP contribution in [0.4, 0.5) is 5.69 Å². The Bertz CT molecular complexity index is 1260. The number of nitrogens with zero attached hydrogens (tertiary/aromatic N) is 2. The largest absolute Gasteiger partial charge is 0.325 e. The second kappa shape index (κ2) is 9.49. The molecule has 0 spiro atoms. The molecule has 1 N–H and O–H groups in total. The molecule has 5 nitrogen and oxygen atoms in total. The minimum Gasteiger partial charge on any atom is -0.325 e. The predicted molar refractivity (Wildman–Crippen MR) is 129 cm³/mol. The van der Waals surface area contributed by atoms with Gasteiger partial charge in [-0.3, -0.25) is 14.0 Å². The quantitative estimate of drug-likeness (QED) is 0.368. The molecule has 0 bridgehead atoms. The molecule has 158 valence electrons. The molecular formula is C24H23N3O2S2. The van der Waals surface area contributed by atoms with E-state index in [1.165, 1.54) is 11.3 Å². The lowest BCUT2D eigenvalue weighted by atomic mass is 10.1. The number of para-hydroxylation sites is 1. The maximum Gasteiger partial charge on any atom is 0.259 e. The van der Waals surface area contributed by atoms with Crippen LogP contribution >= 0.6 is 23.1 Å². The van der Waals surface area contributed by atoms with E-state index < -0.39 is 0 Å². The SMILES string of the molecule is CC(C)CC(=O)Nc1ccccc1SCc1cc(=O)n2c(-c3ccccc3)csc2n1. The first-order chi connectivity index (χ1) is 15.0. The predicted octanol–water partition coefficient (Wildman–Crippen LogP) is 5.70. The summed E-state index contributed by atoms with van der Waals surface area (Å²) < 4.78 is 1.66. The van der Waals surface area contributed by atoms with Crippen LogP contribution < -0.4 is 10.9 Å². The number of benzene rings is 2. The average Bonchev–Trinajstić information content (AvgIpc) is 3.18. The minimum atomic E-state index is -0.0841. The van der Waals surface area contributed by atoms with Crippen molar-refractivity contribution < 1.29 is 4.79 Å². The monoisotopic (exact) mass is 449 g/mol. The zero-order valence-electron chi connectivity index (χ0n) is 17.4. The van der Waals surface area contributed by atoms with Crippen LogP contribution in [0.2, 0.25) is 0 Å². The number of thiazole rings is 1. The highest BCUT2D eigenvalue weighted by Gasteiger charge is 2.13. The molecule has 4 rings (SSSR count). The van der Waals surface area contributed by atoms with E-state index in [0.29, 0.717) is 23.1 Å². The highest BCUT2D eigenvalue weighted by Crippen LogP contribution is 2.30. The van der Waals surface area contributed by atoms with Gasteiger partial charge in [-0.15, -0.1) is 23.1 Å². The van der Waals surface area contributed by atoms with Crippen molar-refractivity contribution in [3.05, 3.63) is 82.1 Å². The lowest BCUT2D eigenvalue weighted by Crippen LogP contribution is -2.15. The summed E-state index contributed by atoms with van der Waals surface area (Å²) in [6.07, 6.45) is 0.482. The first-order valence-corrected chi connectivity index (χ1v) is 11.9. The minimum absolute atomic E-state index is 0.00728. The highest BCUT2D eigenvalue weighted by molar-refractivity contribution is 7.98. The van der Waals surface area contributed by atoms with Crippen LogP contribution in [-0.4, -0.2) is 15.3 Å². The molecule has 0 saturated heterocycles. The molecular weight excluding hydrogens is 426 g/mol. The Morgan fingerprint density at radius 3 is 2.65 bits per heavy atom. The molecule has 7 heteroatoms. The third kappa shape index (κ3) is 5.06. The van der Waals surface area contributed by atoms with Gasteiger partial charge in [0.05, 0.1) is 17.1 Å². The fourth-order valence-corrected chi connectivity index (χ4v) is 5.09. The molecule has 0 radical (unpaired) electrons. The second-order valence-electron chi connectivity index (χ2n) is 7.62. The van der Waals surface area contributed by atoms with E-state index in [9.17, 15) is 9.59 Å². The van der Waals surface area contributed by atoms with Crippen LogP contribution in [0, 0.1) is 5.92 Å². The number of aromatic nitrogens is 2. The molecule has 0 aliphatic rings. The second-order valence-corrected chi connectivity index (χ2v) is 9.48. The molecule has 0 aliphatic carbocycles. The Kier molecular flexibility index (Phi) is 6.53. The van der Waals surface area contributed by atoms with Crippen molar-refractivity contribution in [2.75, 3.05) is 5.32 Å². The molecule has 2 heterocycles. The normalized spacial score (nSPS) is 11.2. The Balaban J connectivity index is 1.54. The van der Waals surface area contributed by atoms with Crippen molar-refractivity contribution in [3.63, 3.8) is 0 Å². The maximum absolute atomic E-state index is 12.8. The number of hydrogen-bond donors (Lipinski definition) is 1. The number of anilines is 1. The topological polar surface area (TPSA) is 63.5 Å². The lowest BCUT2D eigenvalue weighted by Gasteiger charge is -2.11. The van der Waals surface area contributed by atoms with Gasteiger partial charge in [0, 0.05) is 28.5 Å². The van der Waals surface area contributed by atoms with Crippen LogP contribution in [0.3, 0.4) is 0 Å². The van der Waals surface area contributed by atoms with E-state index in [1.807, 2.05) is 73.8 Å². The van der Waals surface area contributed by atoms with Gasteiger partial charge in [0.15, 0.2) is 4.96 Å². The molecule has 0 unspecified atom stereocenters. The third-order valence-electron chi connectivity index (χ3n) is 4.66. The smallest absolute Gasteiger partial charge is 0.259 e. The number of thioether (sulfide) groups is 1. The number of carbonyl (C=O) groups excluding carboxylic acids is 1. The maximum atomic E-state index is 12.8. The Morgan fingerprint density at radius 2 is 1.87 bits per heavy atom. The molecule has 0 atom stereocenters. The van der Waals surface area contributed by atoms with Gasteiger partial charge in [0.1, 0.15) is 0 Å². The Hall–Kier alpha value is -2.90. The number of amides is 1. The fourth-order valence-electron chi connectivity index (χ4n) is 3.27. The summed E-state index contributed by atoms with van der Waals surface area (Å²) in [5, 5.41) is 4.96. The number of hydrogen-bond acceptors (Lipinski definition) is 5. The summed E-state index contributed by atoms with van der Waals surface area (Å²) >= 11 is 3.02. The van der Waals surface area contributed by atoms with Gasteiger partial charge in [0.25, 0.3) is 5.56 Å². The van der Waals surface area contributed by atoms with Crippen LogP contribution in [0.25, 0.3) is 16.2 Å². The van der Waals surface area contributed by atoms with E-state index >= 15 is 0 Å². The van der Waals surface area contributed by atoms with E-state index in [0.717, 1.165) is 27.5 Å². The van der Waals surface area contributed by atoms with Gasteiger partial charge >= 0.3 is 0 Å². The highest BCUT2D eigenvalue weighted by atomic mass is 32.2. The number of nitrogens with one attached hydrogen (secondary N) is 1. The summed E-state index contributed by atoms with van der Waals surface area (Å²) in [5.41, 5.74) is 3.28. The molecule has 0 saturated carbocycles. The van der Waals surface area contributed by atoms with Crippen molar-refractivity contribution in [1.29, 1.82) is 0 Å². The van der Waals surface area contributed by atoms with Gasteiger partial charge in [-0.2, -0.15) is 0 Å². The number of rotatable bonds is 7. The van der Waals surface area contributed by atoms with E-state index in [1.54, 1.807) is 22.2 Å². The van der Waals surface area contributed by atoms with Crippen LogP contribution in [0.15, 0.2) is 75.7 Å². The summed E-state index contributed by atoms with van der Waals surface area (Å²) in [6, 6.07) is 19.2. The molecule has 0 aliphatic heterocycles. The molecule has 2 aromatic heterocycles. The van der Waals surface area contributed by atoms with Crippen LogP contribution in [0.1, 0.15) is 26.0 Å². The van der Waals surface area contributed by atoms with Crippen LogP contribution in [-0.2, 0) is 10.5 Å². The average molecular weight is 450 g/mol.